The van der Waals surface area contributed by atoms with Gasteiger partial charge in [0, 0.05) is 6.54 Å². The van der Waals surface area contributed by atoms with Crippen molar-refractivity contribution in [2.24, 2.45) is 0 Å². The van der Waals surface area contributed by atoms with E-state index in [-0.39, 0.29) is 27.6 Å². The normalized spacial score (nSPS) is 10.9. The quantitative estimate of drug-likeness (QED) is 0.391. The minimum atomic E-state index is -3.74. The van der Waals surface area contributed by atoms with Gasteiger partial charge in [-0.1, -0.05) is 48.0 Å². The summed E-state index contributed by atoms with van der Waals surface area (Å²) in [4.78, 5) is 37.3. The Kier molecular flexibility index (Phi) is 8.34. The van der Waals surface area contributed by atoms with Crippen LogP contribution in [0.5, 0.6) is 0 Å². The van der Waals surface area contributed by atoms with E-state index in [4.69, 9.17) is 4.74 Å². The molecule has 0 aliphatic heterocycles. The summed E-state index contributed by atoms with van der Waals surface area (Å²) in [5, 5.41) is 5.38. The number of hydrogen-bond donors (Lipinski definition) is 3. The Morgan fingerprint density at radius 3 is 2.34 bits per heavy atom. The SMILES string of the molecule is CNS(=O)(=O)c1cccc(C(=O)OCC(=O)Nc2ccccc2C(=O)NCc2ccc(C)cc2)c1. The fourth-order valence-electron chi connectivity index (χ4n) is 3.08. The lowest BCUT2D eigenvalue weighted by atomic mass is 10.1. The van der Waals surface area contributed by atoms with Crippen LogP contribution in [0.25, 0.3) is 0 Å². The zero-order valence-corrected chi connectivity index (χ0v) is 20.0. The fraction of sp³-hybridized carbons (Fsp3) is 0.160. The molecule has 182 valence electrons. The van der Waals surface area contributed by atoms with Crippen molar-refractivity contribution in [1.29, 1.82) is 0 Å². The van der Waals surface area contributed by atoms with Gasteiger partial charge in [-0.15, -0.1) is 0 Å². The summed E-state index contributed by atoms with van der Waals surface area (Å²) in [5.41, 5.74) is 2.54. The van der Waals surface area contributed by atoms with Crippen LogP contribution < -0.4 is 15.4 Å². The molecule has 0 spiro atoms. The molecule has 3 aromatic rings. The van der Waals surface area contributed by atoms with Crippen LogP contribution in [0.4, 0.5) is 5.69 Å². The second-order valence-electron chi connectivity index (χ2n) is 7.57. The zero-order valence-electron chi connectivity index (χ0n) is 19.2. The Morgan fingerprint density at radius 2 is 1.63 bits per heavy atom. The van der Waals surface area contributed by atoms with Crippen LogP contribution in [-0.2, 0) is 26.1 Å². The molecule has 0 saturated heterocycles. The van der Waals surface area contributed by atoms with Gasteiger partial charge in [-0.25, -0.2) is 17.9 Å². The summed E-state index contributed by atoms with van der Waals surface area (Å²) in [6.45, 7) is 1.67. The molecule has 0 fully saturated rings. The van der Waals surface area contributed by atoms with E-state index < -0.39 is 28.5 Å². The Labute approximate surface area is 203 Å². The van der Waals surface area contributed by atoms with Gasteiger partial charge in [0.2, 0.25) is 10.0 Å². The highest BCUT2D eigenvalue weighted by Crippen LogP contribution is 2.16. The Hall–Kier alpha value is -4.02. The van der Waals surface area contributed by atoms with E-state index in [1.54, 1.807) is 24.3 Å². The second-order valence-corrected chi connectivity index (χ2v) is 9.46. The Morgan fingerprint density at radius 1 is 0.914 bits per heavy atom. The number of nitrogens with one attached hydrogen (secondary N) is 3. The highest BCUT2D eigenvalue weighted by Gasteiger charge is 2.17. The molecule has 9 nitrogen and oxygen atoms in total. The third-order valence-electron chi connectivity index (χ3n) is 5.00. The summed E-state index contributed by atoms with van der Waals surface area (Å²) >= 11 is 0. The number of carbonyl (C=O) groups is 3. The number of hydrogen-bond acceptors (Lipinski definition) is 6. The molecular weight excluding hydrogens is 470 g/mol. The lowest BCUT2D eigenvalue weighted by Crippen LogP contribution is -2.26. The van der Waals surface area contributed by atoms with Crippen LogP contribution in [0, 0.1) is 6.92 Å². The number of amides is 2. The van der Waals surface area contributed by atoms with Gasteiger partial charge in [-0.05, 0) is 49.9 Å². The third-order valence-corrected chi connectivity index (χ3v) is 6.41. The van der Waals surface area contributed by atoms with Gasteiger partial charge in [0.15, 0.2) is 6.61 Å². The molecule has 0 radical (unpaired) electrons. The fourth-order valence-corrected chi connectivity index (χ4v) is 3.86. The maximum Gasteiger partial charge on any atom is 0.338 e. The van der Waals surface area contributed by atoms with Crippen molar-refractivity contribution < 1.29 is 27.5 Å². The summed E-state index contributed by atoms with van der Waals surface area (Å²) in [6.07, 6.45) is 0. The van der Waals surface area contributed by atoms with Gasteiger partial charge < -0.3 is 15.4 Å². The molecule has 0 saturated carbocycles. The number of carbonyl (C=O) groups excluding carboxylic acids is 3. The van der Waals surface area contributed by atoms with E-state index in [1.807, 2.05) is 31.2 Å². The van der Waals surface area contributed by atoms with Crippen LogP contribution in [0.3, 0.4) is 0 Å². The maximum absolute atomic E-state index is 12.7. The van der Waals surface area contributed by atoms with E-state index in [2.05, 4.69) is 15.4 Å². The van der Waals surface area contributed by atoms with Gasteiger partial charge in [0.1, 0.15) is 0 Å². The van der Waals surface area contributed by atoms with Crippen molar-refractivity contribution in [3.05, 3.63) is 95.1 Å². The molecule has 0 aliphatic carbocycles. The summed E-state index contributed by atoms with van der Waals surface area (Å²) in [5.74, 6) is -1.89. The van der Waals surface area contributed by atoms with Crippen molar-refractivity contribution in [3.8, 4) is 0 Å². The lowest BCUT2D eigenvalue weighted by molar-refractivity contribution is -0.119. The van der Waals surface area contributed by atoms with E-state index in [0.29, 0.717) is 6.54 Å². The smallest absolute Gasteiger partial charge is 0.338 e. The van der Waals surface area contributed by atoms with Crippen LogP contribution in [0.15, 0.2) is 77.7 Å². The first kappa shape index (κ1) is 25.6. The van der Waals surface area contributed by atoms with E-state index in [0.717, 1.165) is 17.2 Å². The van der Waals surface area contributed by atoms with Crippen LogP contribution in [0.2, 0.25) is 0 Å². The zero-order chi connectivity index (χ0) is 25.4. The first-order valence-corrected chi connectivity index (χ1v) is 12.1. The number of ether oxygens (including phenoxy) is 1. The minimum absolute atomic E-state index is 0.0231. The highest BCUT2D eigenvalue weighted by atomic mass is 32.2. The van der Waals surface area contributed by atoms with Crippen LogP contribution in [-0.4, -0.2) is 39.9 Å². The maximum atomic E-state index is 12.7. The van der Waals surface area contributed by atoms with Crippen molar-refractivity contribution in [3.63, 3.8) is 0 Å². The summed E-state index contributed by atoms with van der Waals surface area (Å²) < 4.78 is 31.0. The molecule has 35 heavy (non-hydrogen) atoms. The van der Waals surface area contributed by atoms with Crippen molar-refractivity contribution in [2.45, 2.75) is 18.4 Å². The van der Waals surface area contributed by atoms with E-state index in [1.165, 1.54) is 25.2 Å². The van der Waals surface area contributed by atoms with Gasteiger partial charge in [0.05, 0.1) is 21.7 Å². The number of benzene rings is 3. The molecule has 10 heteroatoms. The van der Waals surface area contributed by atoms with Crippen molar-refractivity contribution in [1.82, 2.24) is 10.0 Å². The molecule has 0 heterocycles. The molecule has 3 aromatic carbocycles. The van der Waals surface area contributed by atoms with Crippen molar-refractivity contribution in [2.75, 3.05) is 19.0 Å². The number of rotatable bonds is 9. The lowest BCUT2D eigenvalue weighted by Gasteiger charge is -2.12. The molecule has 2 amide bonds. The number of aryl methyl sites for hydroxylation is 1. The molecule has 3 N–H and O–H groups in total. The largest absolute Gasteiger partial charge is 0.452 e. The van der Waals surface area contributed by atoms with Crippen LogP contribution >= 0.6 is 0 Å². The topological polar surface area (TPSA) is 131 Å². The van der Waals surface area contributed by atoms with E-state index >= 15 is 0 Å². The Bertz CT molecular complexity index is 1340. The van der Waals surface area contributed by atoms with Gasteiger partial charge in [0.25, 0.3) is 11.8 Å². The predicted molar refractivity (Wildman–Crippen MR) is 130 cm³/mol. The van der Waals surface area contributed by atoms with Gasteiger partial charge >= 0.3 is 5.97 Å². The standard InChI is InChI=1S/C25H25N3O6S/c1-17-10-12-18(13-11-17)15-27-24(30)21-8-3-4-9-22(21)28-23(29)16-34-25(31)19-6-5-7-20(14-19)35(32,33)26-2/h3-14,26H,15-16H2,1-2H3,(H,27,30)(H,28,29). The Balaban J connectivity index is 1.59. The number of anilines is 1. The number of sulfonamides is 1. The monoisotopic (exact) mass is 495 g/mol. The molecule has 0 aliphatic rings. The van der Waals surface area contributed by atoms with Crippen LogP contribution in [0.1, 0.15) is 31.8 Å². The van der Waals surface area contributed by atoms with E-state index in [9.17, 15) is 22.8 Å². The molecule has 3 rings (SSSR count). The minimum Gasteiger partial charge on any atom is -0.452 e. The average Bonchev–Trinajstić information content (AvgIpc) is 2.87. The molecule has 0 bridgehead atoms. The summed E-state index contributed by atoms with van der Waals surface area (Å²) in [6, 6.07) is 19.5. The van der Waals surface area contributed by atoms with Gasteiger partial charge in [-0.2, -0.15) is 0 Å². The third kappa shape index (κ3) is 6.98. The van der Waals surface area contributed by atoms with Gasteiger partial charge in [-0.3, -0.25) is 9.59 Å². The first-order valence-electron chi connectivity index (χ1n) is 10.6. The summed E-state index contributed by atoms with van der Waals surface area (Å²) in [7, 11) is -2.48. The van der Waals surface area contributed by atoms with Crippen molar-refractivity contribution >= 4 is 33.5 Å². The highest BCUT2D eigenvalue weighted by molar-refractivity contribution is 7.89. The molecule has 0 unspecified atom stereocenters. The molecule has 0 atom stereocenters. The predicted octanol–water partition coefficient (Wildman–Crippen LogP) is 2.63. The number of esters is 1. The molecular formula is C25H25N3O6S. The second kappa shape index (κ2) is 11.4. The first-order chi connectivity index (χ1) is 16.7. The number of para-hydroxylation sites is 1. The molecule has 0 aromatic heterocycles. The average molecular weight is 496 g/mol.